The molecule has 0 aromatic heterocycles. The summed E-state index contributed by atoms with van der Waals surface area (Å²) in [6, 6.07) is 5.47. The fourth-order valence-electron chi connectivity index (χ4n) is 1.48. The number of carbonyl (C=O) groups excluding carboxylic acids is 1. The van der Waals surface area contributed by atoms with Gasteiger partial charge in [-0.25, -0.2) is 0 Å². The molecular weight excluding hydrogens is 208 g/mol. The highest BCUT2D eigenvalue weighted by molar-refractivity contribution is 5.73. The van der Waals surface area contributed by atoms with Gasteiger partial charge in [0.15, 0.2) is 11.5 Å². The smallest absolute Gasteiger partial charge is 0.310 e. The number of rotatable bonds is 4. The van der Waals surface area contributed by atoms with Crippen LogP contribution in [-0.4, -0.2) is 19.4 Å². The van der Waals surface area contributed by atoms with Crippen molar-refractivity contribution in [3.8, 4) is 11.5 Å². The number of fused-ring (bicyclic) bond motifs is 1. The summed E-state index contributed by atoms with van der Waals surface area (Å²) in [5.41, 5.74) is 0.880. The number of ether oxygens (including phenoxy) is 3. The van der Waals surface area contributed by atoms with Crippen molar-refractivity contribution in [2.24, 2.45) is 0 Å². The minimum absolute atomic E-state index is 0.208. The van der Waals surface area contributed by atoms with Gasteiger partial charge in [-0.2, -0.15) is 0 Å². The molecule has 0 N–H and O–H groups in total. The first-order valence-corrected chi connectivity index (χ1v) is 5.33. The molecule has 1 aromatic carbocycles. The van der Waals surface area contributed by atoms with Crippen molar-refractivity contribution >= 4 is 5.97 Å². The Kier molecular flexibility index (Phi) is 3.29. The normalized spacial score (nSPS) is 12.6. The number of hydrogen-bond donors (Lipinski definition) is 0. The van der Waals surface area contributed by atoms with Crippen LogP contribution in [0.5, 0.6) is 11.5 Å². The molecule has 0 aliphatic carbocycles. The van der Waals surface area contributed by atoms with Crippen LogP contribution in [0.3, 0.4) is 0 Å². The Bertz CT molecular complexity index is 387. The lowest BCUT2D eigenvalue weighted by Gasteiger charge is -2.04. The SMILES string of the molecule is CCCOC(=O)Cc1ccc2c(c1)OCO2. The van der Waals surface area contributed by atoms with Gasteiger partial charge in [-0.3, -0.25) is 4.79 Å². The van der Waals surface area contributed by atoms with Crippen LogP contribution >= 0.6 is 0 Å². The fraction of sp³-hybridized carbons (Fsp3) is 0.417. The molecule has 2 rings (SSSR count). The van der Waals surface area contributed by atoms with Crippen LogP contribution in [0.15, 0.2) is 18.2 Å². The summed E-state index contributed by atoms with van der Waals surface area (Å²) in [6.07, 6.45) is 1.11. The highest BCUT2D eigenvalue weighted by Crippen LogP contribution is 2.32. The van der Waals surface area contributed by atoms with Gasteiger partial charge in [-0.15, -0.1) is 0 Å². The lowest BCUT2D eigenvalue weighted by atomic mass is 10.1. The van der Waals surface area contributed by atoms with E-state index < -0.39 is 0 Å². The summed E-state index contributed by atoms with van der Waals surface area (Å²) in [6.45, 7) is 2.69. The van der Waals surface area contributed by atoms with Gasteiger partial charge in [-0.1, -0.05) is 13.0 Å². The topological polar surface area (TPSA) is 44.8 Å². The van der Waals surface area contributed by atoms with E-state index in [2.05, 4.69) is 0 Å². The number of carbonyl (C=O) groups is 1. The van der Waals surface area contributed by atoms with Crippen LogP contribution in [0.1, 0.15) is 18.9 Å². The van der Waals surface area contributed by atoms with E-state index in [9.17, 15) is 4.79 Å². The van der Waals surface area contributed by atoms with Crippen LogP contribution in [0.4, 0.5) is 0 Å². The summed E-state index contributed by atoms with van der Waals surface area (Å²) in [7, 11) is 0. The van der Waals surface area contributed by atoms with E-state index in [1.54, 1.807) is 0 Å². The van der Waals surface area contributed by atoms with Crippen molar-refractivity contribution < 1.29 is 19.0 Å². The van der Waals surface area contributed by atoms with Gasteiger partial charge in [0.05, 0.1) is 13.0 Å². The van der Waals surface area contributed by atoms with Crippen molar-refractivity contribution in [1.29, 1.82) is 0 Å². The van der Waals surface area contributed by atoms with E-state index in [0.717, 1.165) is 17.7 Å². The first-order valence-electron chi connectivity index (χ1n) is 5.33. The molecule has 1 aliphatic rings. The van der Waals surface area contributed by atoms with E-state index in [-0.39, 0.29) is 19.2 Å². The zero-order valence-electron chi connectivity index (χ0n) is 9.19. The molecule has 4 heteroatoms. The van der Waals surface area contributed by atoms with E-state index >= 15 is 0 Å². The number of esters is 1. The molecule has 1 aromatic rings. The first kappa shape index (κ1) is 10.8. The summed E-state index contributed by atoms with van der Waals surface area (Å²) in [5, 5.41) is 0. The molecule has 0 amide bonds. The zero-order chi connectivity index (χ0) is 11.4. The Labute approximate surface area is 94.1 Å². The highest BCUT2D eigenvalue weighted by Gasteiger charge is 2.14. The summed E-state index contributed by atoms with van der Waals surface area (Å²) < 4.78 is 15.4. The molecule has 0 spiro atoms. The standard InChI is InChI=1S/C12H14O4/c1-2-5-14-12(13)7-9-3-4-10-11(6-9)16-8-15-10/h3-4,6H,2,5,7-8H2,1H3. The molecule has 4 nitrogen and oxygen atoms in total. The predicted molar refractivity (Wildman–Crippen MR) is 57.5 cm³/mol. The van der Waals surface area contributed by atoms with E-state index in [4.69, 9.17) is 14.2 Å². The van der Waals surface area contributed by atoms with Crippen LogP contribution in [0, 0.1) is 0 Å². The molecule has 16 heavy (non-hydrogen) atoms. The molecular formula is C12H14O4. The van der Waals surface area contributed by atoms with Gasteiger partial charge in [0.25, 0.3) is 0 Å². The Morgan fingerprint density at radius 1 is 1.38 bits per heavy atom. The third kappa shape index (κ3) is 2.45. The highest BCUT2D eigenvalue weighted by atomic mass is 16.7. The summed E-state index contributed by atoms with van der Waals surface area (Å²) in [5.74, 6) is 1.21. The Hall–Kier alpha value is -1.71. The molecule has 1 aliphatic heterocycles. The largest absolute Gasteiger partial charge is 0.465 e. The quantitative estimate of drug-likeness (QED) is 0.730. The van der Waals surface area contributed by atoms with E-state index in [0.29, 0.717) is 12.4 Å². The third-order valence-electron chi connectivity index (χ3n) is 2.25. The van der Waals surface area contributed by atoms with Crippen molar-refractivity contribution in [1.82, 2.24) is 0 Å². The molecule has 86 valence electrons. The first-order chi connectivity index (χ1) is 7.79. The maximum Gasteiger partial charge on any atom is 0.310 e. The minimum atomic E-state index is -0.208. The average molecular weight is 222 g/mol. The fourth-order valence-corrected chi connectivity index (χ4v) is 1.48. The van der Waals surface area contributed by atoms with Crippen LogP contribution in [0.25, 0.3) is 0 Å². The molecule has 0 saturated carbocycles. The van der Waals surface area contributed by atoms with Gasteiger partial charge in [0.2, 0.25) is 6.79 Å². The van der Waals surface area contributed by atoms with Crippen molar-refractivity contribution in [2.45, 2.75) is 19.8 Å². The van der Waals surface area contributed by atoms with E-state index in [1.807, 2.05) is 25.1 Å². The maximum absolute atomic E-state index is 11.4. The van der Waals surface area contributed by atoms with Crippen LogP contribution in [-0.2, 0) is 16.0 Å². The van der Waals surface area contributed by atoms with Gasteiger partial charge in [0, 0.05) is 0 Å². The summed E-state index contributed by atoms with van der Waals surface area (Å²) >= 11 is 0. The zero-order valence-corrected chi connectivity index (χ0v) is 9.19. The van der Waals surface area contributed by atoms with Gasteiger partial charge >= 0.3 is 5.97 Å². The monoisotopic (exact) mass is 222 g/mol. The minimum Gasteiger partial charge on any atom is -0.465 e. The lowest BCUT2D eigenvalue weighted by Crippen LogP contribution is -2.08. The van der Waals surface area contributed by atoms with Crippen molar-refractivity contribution in [3.05, 3.63) is 23.8 Å². The molecule has 0 atom stereocenters. The maximum atomic E-state index is 11.4. The van der Waals surface area contributed by atoms with Crippen LogP contribution in [0.2, 0.25) is 0 Å². The second kappa shape index (κ2) is 4.88. The van der Waals surface area contributed by atoms with Gasteiger partial charge in [-0.05, 0) is 24.1 Å². The van der Waals surface area contributed by atoms with Crippen LogP contribution < -0.4 is 9.47 Å². The van der Waals surface area contributed by atoms with Crippen molar-refractivity contribution in [3.63, 3.8) is 0 Å². The number of benzene rings is 1. The lowest BCUT2D eigenvalue weighted by molar-refractivity contribution is -0.142. The molecule has 0 saturated heterocycles. The molecule has 0 bridgehead atoms. The Morgan fingerprint density at radius 2 is 2.19 bits per heavy atom. The predicted octanol–water partition coefficient (Wildman–Crippen LogP) is 1.91. The molecule has 1 heterocycles. The third-order valence-corrected chi connectivity index (χ3v) is 2.25. The Balaban J connectivity index is 1.97. The Morgan fingerprint density at radius 3 is 3.00 bits per heavy atom. The molecule has 0 fully saturated rings. The van der Waals surface area contributed by atoms with Gasteiger partial charge in [0.1, 0.15) is 0 Å². The molecule has 0 radical (unpaired) electrons. The second-order valence-electron chi connectivity index (χ2n) is 3.58. The second-order valence-corrected chi connectivity index (χ2v) is 3.58. The molecule has 0 unspecified atom stereocenters. The summed E-state index contributed by atoms with van der Waals surface area (Å²) in [4.78, 5) is 11.4. The van der Waals surface area contributed by atoms with Gasteiger partial charge < -0.3 is 14.2 Å². The van der Waals surface area contributed by atoms with Crippen molar-refractivity contribution in [2.75, 3.05) is 13.4 Å². The van der Waals surface area contributed by atoms with E-state index in [1.165, 1.54) is 0 Å². The average Bonchev–Trinajstić information content (AvgIpc) is 2.73. The number of hydrogen-bond acceptors (Lipinski definition) is 4.